The molecule has 2 aromatic rings. The number of nitrogens with zero attached hydrogens (tertiary/aromatic N) is 2. The molecule has 3 N–H and O–H groups in total. The number of guanidine groups is 1. The van der Waals surface area contributed by atoms with E-state index in [0.29, 0.717) is 6.54 Å². The zero-order valence-electron chi connectivity index (χ0n) is 15.7. The van der Waals surface area contributed by atoms with E-state index in [4.69, 9.17) is 0 Å². The number of aliphatic hydroxyl groups excluding tert-OH is 1. The SMILES string of the molecule is CCc1nc(CCNC(=NC)NCC(CO)c2ccccc2)sc1C.I. The molecule has 0 bridgehead atoms. The van der Waals surface area contributed by atoms with Crippen molar-refractivity contribution in [2.45, 2.75) is 32.6 Å². The first-order valence-corrected chi connectivity index (χ1v) is 9.55. The first-order valence-electron chi connectivity index (χ1n) is 8.73. The van der Waals surface area contributed by atoms with E-state index in [2.05, 4.69) is 34.5 Å². The second-order valence-electron chi connectivity index (χ2n) is 5.88. The molecule has 0 fully saturated rings. The molecule has 0 aliphatic heterocycles. The van der Waals surface area contributed by atoms with E-state index >= 15 is 0 Å². The van der Waals surface area contributed by atoms with Crippen LogP contribution >= 0.6 is 35.3 Å². The molecule has 7 heteroatoms. The Morgan fingerprint density at radius 3 is 2.58 bits per heavy atom. The summed E-state index contributed by atoms with van der Waals surface area (Å²) < 4.78 is 0. The molecule has 5 nitrogen and oxygen atoms in total. The fourth-order valence-electron chi connectivity index (χ4n) is 2.66. The summed E-state index contributed by atoms with van der Waals surface area (Å²) >= 11 is 1.77. The minimum Gasteiger partial charge on any atom is -0.396 e. The minimum absolute atomic E-state index is 0. The predicted octanol–water partition coefficient (Wildman–Crippen LogP) is 3.12. The molecular formula is C19H29IN4OS. The molecule has 0 amide bonds. The van der Waals surface area contributed by atoms with Gasteiger partial charge in [-0.25, -0.2) is 4.98 Å². The fourth-order valence-corrected chi connectivity index (χ4v) is 3.69. The maximum atomic E-state index is 9.63. The van der Waals surface area contributed by atoms with Crippen molar-refractivity contribution in [3.63, 3.8) is 0 Å². The van der Waals surface area contributed by atoms with Crippen LogP contribution in [0, 0.1) is 6.92 Å². The Balaban J connectivity index is 0.00000338. The van der Waals surface area contributed by atoms with Gasteiger partial charge in [-0.3, -0.25) is 4.99 Å². The summed E-state index contributed by atoms with van der Waals surface area (Å²) in [6, 6.07) is 10.0. The van der Waals surface area contributed by atoms with E-state index in [9.17, 15) is 5.11 Å². The molecule has 1 atom stereocenters. The molecule has 1 aromatic heterocycles. The third-order valence-electron chi connectivity index (χ3n) is 4.13. The molecule has 0 spiro atoms. The summed E-state index contributed by atoms with van der Waals surface area (Å²) in [5.41, 5.74) is 2.33. The third-order valence-corrected chi connectivity index (χ3v) is 5.21. The molecule has 26 heavy (non-hydrogen) atoms. The van der Waals surface area contributed by atoms with Gasteiger partial charge in [-0.2, -0.15) is 0 Å². The highest BCUT2D eigenvalue weighted by molar-refractivity contribution is 14.0. The maximum absolute atomic E-state index is 9.63. The number of thiazole rings is 1. The van der Waals surface area contributed by atoms with E-state index < -0.39 is 0 Å². The van der Waals surface area contributed by atoms with Gasteiger partial charge >= 0.3 is 0 Å². The van der Waals surface area contributed by atoms with Crippen LogP contribution < -0.4 is 10.6 Å². The molecule has 1 aromatic carbocycles. The monoisotopic (exact) mass is 488 g/mol. The lowest BCUT2D eigenvalue weighted by atomic mass is 10.0. The maximum Gasteiger partial charge on any atom is 0.191 e. The lowest BCUT2D eigenvalue weighted by Gasteiger charge is -2.18. The van der Waals surface area contributed by atoms with Gasteiger partial charge in [0.1, 0.15) is 0 Å². The van der Waals surface area contributed by atoms with Crippen LogP contribution in [-0.4, -0.2) is 42.8 Å². The topological polar surface area (TPSA) is 69.5 Å². The number of hydrogen-bond acceptors (Lipinski definition) is 4. The van der Waals surface area contributed by atoms with E-state index in [1.807, 2.05) is 30.3 Å². The van der Waals surface area contributed by atoms with Crippen molar-refractivity contribution < 1.29 is 5.11 Å². The zero-order chi connectivity index (χ0) is 18.1. The normalized spacial score (nSPS) is 12.4. The highest BCUT2D eigenvalue weighted by atomic mass is 127. The lowest BCUT2D eigenvalue weighted by Crippen LogP contribution is -2.40. The summed E-state index contributed by atoms with van der Waals surface area (Å²) in [4.78, 5) is 10.2. The highest BCUT2D eigenvalue weighted by Gasteiger charge is 2.11. The van der Waals surface area contributed by atoms with Gasteiger partial charge < -0.3 is 15.7 Å². The molecule has 1 heterocycles. The Morgan fingerprint density at radius 2 is 2.00 bits per heavy atom. The number of benzene rings is 1. The molecule has 0 aliphatic carbocycles. The van der Waals surface area contributed by atoms with Crippen LogP contribution in [0.2, 0.25) is 0 Å². The molecule has 2 rings (SSSR count). The third kappa shape index (κ3) is 6.85. The van der Waals surface area contributed by atoms with Crippen molar-refractivity contribution in [1.82, 2.24) is 15.6 Å². The molecule has 1 unspecified atom stereocenters. The second-order valence-corrected chi connectivity index (χ2v) is 7.17. The van der Waals surface area contributed by atoms with Crippen LogP contribution in [-0.2, 0) is 12.8 Å². The summed E-state index contributed by atoms with van der Waals surface area (Å²) in [5, 5.41) is 17.4. The lowest BCUT2D eigenvalue weighted by molar-refractivity contribution is 0.265. The number of halogens is 1. The number of rotatable bonds is 8. The van der Waals surface area contributed by atoms with Gasteiger partial charge in [0, 0.05) is 37.4 Å². The van der Waals surface area contributed by atoms with Gasteiger partial charge in [-0.05, 0) is 18.9 Å². The number of aromatic nitrogens is 1. The Bertz CT molecular complexity index is 675. The van der Waals surface area contributed by atoms with Crippen molar-refractivity contribution >= 4 is 41.3 Å². The average molecular weight is 488 g/mol. The van der Waals surface area contributed by atoms with Crippen LogP contribution in [0.4, 0.5) is 0 Å². The quantitative estimate of drug-likeness (QED) is 0.304. The van der Waals surface area contributed by atoms with E-state index in [1.165, 1.54) is 10.6 Å². The highest BCUT2D eigenvalue weighted by Crippen LogP contribution is 2.18. The zero-order valence-corrected chi connectivity index (χ0v) is 18.8. The van der Waals surface area contributed by atoms with E-state index in [1.54, 1.807) is 18.4 Å². The average Bonchev–Trinajstić information content (AvgIpc) is 3.01. The molecule has 0 radical (unpaired) electrons. The Hall–Kier alpha value is -1.19. The van der Waals surface area contributed by atoms with Gasteiger partial charge in [-0.1, -0.05) is 37.3 Å². The van der Waals surface area contributed by atoms with Crippen molar-refractivity contribution in [3.05, 3.63) is 51.5 Å². The minimum atomic E-state index is 0. The largest absolute Gasteiger partial charge is 0.396 e. The van der Waals surface area contributed by atoms with Crippen LogP contribution in [0.25, 0.3) is 0 Å². The first kappa shape index (κ1) is 22.9. The number of nitrogens with one attached hydrogen (secondary N) is 2. The summed E-state index contributed by atoms with van der Waals surface area (Å²) in [7, 11) is 1.76. The number of aryl methyl sites for hydroxylation is 2. The second kappa shape index (κ2) is 12.2. The Morgan fingerprint density at radius 1 is 1.27 bits per heavy atom. The van der Waals surface area contributed by atoms with Crippen molar-refractivity contribution in [3.8, 4) is 0 Å². The first-order chi connectivity index (χ1) is 12.2. The van der Waals surface area contributed by atoms with Crippen molar-refractivity contribution in [2.24, 2.45) is 4.99 Å². The van der Waals surface area contributed by atoms with Gasteiger partial charge in [0.25, 0.3) is 0 Å². The molecule has 144 valence electrons. The number of aliphatic hydroxyl groups is 1. The van der Waals surface area contributed by atoms with Crippen molar-refractivity contribution in [1.29, 1.82) is 0 Å². The molecule has 0 aliphatic rings. The molecule has 0 saturated carbocycles. The summed E-state index contributed by atoms with van der Waals surface area (Å²) in [6.07, 6.45) is 1.87. The molecule has 0 saturated heterocycles. The number of hydrogen-bond donors (Lipinski definition) is 3. The number of aliphatic imine (C=N–C) groups is 1. The fraction of sp³-hybridized carbons (Fsp3) is 0.474. The Labute approximate surface area is 177 Å². The van der Waals surface area contributed by atoms with Crippen LogP contribution in [0.15, 0.2) is 35.3 Å². The summed E-state index contributed by atoms with van der Waals surface area (Å²) in [6.45, 7) is 5.79. The smallest absolute Gasteiger partial charge is 0.191 e. The van der Waals surface area contributed by atoms with Crippen LogP contribution in [0.3, 0.4) is 0 Å². The van der Waals surface area contributed by atoms with Gasteiger partial charge in [0.15, 0.2) is 5.96 Å². The molecular weight excluding hydrogens is 459 g/mol. The van der Waals surface area contributed by atoms with Crippen LogP contribution in [0.1, 0.15) is 34.0 Å². The van der Waals surface area contributed by atoms with E-state index in [-0.39, 0.29) is 36.5 Å². The van der Waals surface area contributed by atoms with Crippen molar-refractivity contribution in [2.75, 3.05) is 26.7 Å². The van der Waals surface area contributed by atoms with E-state index in [0.717, 1.165) is 35.9 Å². The predicted molar refractivity (Wildman–Crippen MR) is 121 cm³/mol. The summed E-state index contributed by atoms with van der Waals surface area (Å²) in [5.74, 6) is 0.798. The van der Waals surface area contributed by atoms with Crippen LogP contribution in [0.5, 0.6) is 0 Å². The van der Waals surface area contributed by atoms with Gasteiger partial charge in [-0.15, -0.1) is 35.3 Å². The van der Waals surface area contributed by atoms with Gasteiger partial charge in [0.2, 0.25) is 0 Å². The standard InChI is InChI=1S/C19H28N4OS.HI/c1-4-17-14(2)25-18(23-17)10-11-21-19(20-3)22-12-16(13-24)15-8-6-5-7-9-15;/h5-9,16,24H,4,10-13H2,1-3H3,(H2,20,21,22);1H. The Kier molecular flexibility index (Phi) is 10.8. The van der Waals surface area contributed by atoms with Gasteiger partial charge in [0.05, 0.1) is 17.3 Å².